The van der Waals surface area contributed by atoms with Crippen LogP contribution in [0, 0.1) is 0 Å². The Kier molecular flexibility index (Phi) is 4.09. The number of halogens is 1. The van der Waals surface area contributed by atoms with Crippen molar-refractivity contribution >= 4 is 27.2 Å². The van der Waals surface area contributed by atoms with Crippen LogP contribution in [-0.2, 0) is 16.4 Å². The molecule has 0 unspecified atom stereocenters. The van der Waals surface area contributed by atoms with Gasteiger partial charge in [0.25, 0.3) is 0 Å². The van der Waals surface area contributed by atoms with Crippen LogP contribution in [0.25, 0.3) is 0 Å². The highest BCUT2D eigenvalue weighted by atomic mass is 35.5. The van der Waals surface area contributed by atoms with Crippen LogP contribution in [0.5, 0.6) is 0 Å². The highest BCUT2D eigenvalue weighted by molar-refractivity contribution is 7.91. The monoisotopic (exact) mass is 264 g/mol. The summed E-state index contributed by atoms with van der Waals surface area (Å²) in [5, 5.41) is 4.12. The third kappa shape index (κ3) is 3.31. The predicted molar refractivity (Wildman–Crippen MR) is 61.6 cm³/mol. The van der Waals surface area contributed by atoms with E-state index in [1.807, 2.05) is 6.92 Å². The smallest absolute Gasteiger partial charge is 0.197 e. The lowest BCUT2D eigenvalue weighted by Gasteiger charge is -2.04. The molecule has 0 amide bonds. The lowest BCUT2D eigenvalue weighted by Crippen LogP contribution is -2.19. The minimum absolute atomic E-state index is 0.175. The maximum atomic E-state index is 11.7. The zero-order valence-corrected chi connectivity index (χ0v) is 10.7. The first kappa shape index (κ1) is 13.2. The van der Waals surface area contributed by atoms with E-state index in [0.29, 0.717) is 6.54 Å². The lowest BCUT2D eigenvalue weighted by molar-refractivity contribution is 0.101. The van der Waals surface area contributed by atoms with Gasteiger partial charge in [-0.15, -0.1) is 0 Å². The van der Waals surface area contributed by atoms with E-state index in [2.05, 4.69) is 5.10 Å². The van der Waals surface area contributed by atoms with Crippen LogP contribution in [0.2, 0.25) is 5.02 Å². The van der Waals surface area contributed by atoms with Crippen molar-refractivity contribution in [2.75, 3.05) is 12.0 Å². The first-order chi connectivity index (χ1) is 7.35. The van der Waals surface area contributed by atoms with Crippen LogP contribution in [0.15, 0.2) is 6.20 Å². The van der Waals surface area contributed by atoms with Gasteiger partial charge in [0.1, 0.15) is 11.4 Å². The highest BCUT2D eigenvalue weighted by Crippen LogP contribution is 2.16. The van der Waals surface area contributed by atoms with Crippen LogP contribution in [0.1, 0.15) is 23.8 Å². The summed E-state index contributed by atoms with van der Waals surface area (Å²) in [4.78, 5) is 11.7. The fraction of sp³-hybridized carbons (Fsp3) is 0.556. The lowest BCUT2D eigenvalue weighted by atomic mass is 10.3. The van der Waals surface area contributed by atoms with Gasteiger partial charge in [-0.25, -0.2) is 8.42 Å². The van der Waals surface area contributed by atoms with Gasteiger partial charge in [-0.05, 0) is 6.42 Å². The molecule has 0 atom stereocenters. The van der Waals surface area contributed by atoms with Gasteiger partial charge in [0.2, 0.25) is 0 Å². The summed E-state index contributed by atoms with van der Waals surface area (Å²) < 4.78 is 23.5. The van der Waals surface area contributed by atoms with E-state index in [-0.39, 0.29) is 10.7 Å². The summed E-state index contributed by atoms with van der Waals surface area (Å²) in [5.41, 5.74) is 0.175. The number of carbonyl (C=O) groups is 1. The van der Waals surface area contributed by atoms with Crippen molar-refractivity contribution in [3.8, 4) is 0 Å². The number of Topliss-reactive ketones (excluding diaryl/α,β-unsaturated/α-hetero) is 1. The summed E-state index contributed by atoms with van der Waals surface area (Å²) in [5.74, 6) is -1.05. The number of carbonyl (C=O) groups excluding carboxylic acids is 1. The molecule has 0 aliphatic rings. The molecule has 90 valence electrons. The number of ketones is 1. The molecular formula is C9H13ClN2O3S. The van der Waals surface area contributed by atoms with Crippen LogP contribution in [0.4, 0.5) is 0 Å². The molecule has 1 heterocycles. The van der Waals surface area contributed by atoms with Gasteiger partial charge < -0.3 is 0 Å². The Morgan fingerprint density at radius 1 is 1.56 bits per heavy atom. The van der Waals surface area contributed by atoms with Crippen LogP contribution >= 0.6 is 11.6 Å². The van der Waals surface area contributed by atoms with Crippen LogP contribution in [0.3, 0.4) is 0 Å². The minimum atomic E-state index is -3.35. The maximum absolute atomic E-state index is 11.7. The van der Waals surface area contributed by atoms with Gasteiger partial charge >= 0.3 is 0 Å². The molecule has 1 rings (SSSR count). The van der Waals surface area contributed by atoms with Crippen molar-refractivity contribution in [3.05, 3.63) is 16.9 Å². The van der Waals surface area contributed by atoms with E-state index in [9.17, 15) is 13.2 Å². The number of aromatic nitrogens is 2. The fourth-order valence-electron chi connectivity index (χ4n) is 1.33. The molecule has 0 aliphatic heterocycles. The van der Waals surface area contributed by atoms with E-state index in [1.165, 1.54) is 10.9 Å². The molecule has 0 radical (unpaired) electrons. The summed E-state index contributed by atoms with van der Waals surface area (Å²) >= 11 is 5.81. The summed E-state index contributed by atoms with van der Waals surface area (Å²) in [6, 6.07) is 0. The molecule has 0 saturated carbocycles. The highest BCUT2D eigenvalue weighted by Gasteiger charge is 2.20. The molecule has 7 heteroatoms. The Labute approximate surface area is 99.3 Å². The van der Waals surface area contributed by atoms with E-state index in [4.69, 9.17) is 11.6 Å². The first-order valence-corrected chi connectivity index (χ1v) is 7.21. The van der Waals surface area contributed by atoms with E-state index in [1.54, 1.807) is 0 Å². The standard InChI is InChI=1S/C9H13ClN2O3S/c1-3-4-12-9(7(10)5-11-12)8(13)6-16(2,14)15/h5H,3-4,6H2,1-2H3. The number of hydrogen-bond donors (Lipinski definition) is 0. The molecule has 16 heavy (non-hydrogen) atoms. The zero-order chi connectivity index (χ0) is 12.3. The average Bonchev–Trinajstić information content (AvgIpc) is 2.44. The summed E-state index contributed by atoms with van der Waals surface area (Å²) in [6.07, 6.45) is 3.16. The van der Waals surface area contributed by atoms with Crippen molar-refractivity contribution in [1.82, 2.24) is 9.78 Å². The van der Waals surface area contributed by atoms with Gasteiger partial charge in [0.15, 0.2) is 15.6 Å². The van der Waals surface area contributed by atoms with E-state index < -0.39 is 21.4 Å². The second kappa shape index (κ2) is 4.97. The van der Waals surface area contributed by atoms with Crippen molar-refractivity contribution < 1.29 is 13.2 Å². The average molecular weight is 265 g/mol. The van der Waals surface area contributed by atoms with Gasteiger partial charge in [0, 0.05) is 12.8 Å². The van der Waals surface area contributed by atoms with Crippen LogP contribution < -0.4 is 0 Å². The second-order valence-electron chi connectivity index (χ2n) is 3.56. The van der Waals surface area contributed by atoms with Gasteiger partial charge in [-0.2, -0.15) is 5.10 Å². The molecule has 5 nitrogen and oxygen atoms in total. The van der Waals surface area contributed by atoms with Gasteiger partial charge in [-0.3, -0.25) is 9.48 Å². The fourth-order valence-corrected chi connectivity index (χ4v) is 2.19. The molecule has 1 aromatic rings. The number of sulfone groups is 1. The van der Waals surface area contributed by atoms with Crippen molar-refractivity contribution in [3.63, 3.8) is 0 Å². The zero-order valence-electron chi connectivity index (χ0n) is 9.10. The molecular weight excluding hydrogens is 252 g/mol. The molecule has 1 aromatic heterocycles. The second-order valence-corrected chi connectivity index (χ2v) is 6.10. The Balaban J connectivity index is 3.02. The van der Waals surface area contributed by atoms with Crippen molar-refractivity contribution in [1.29, 1.82) is 0 Å². The normalized spacial score (nSPS) is 11.7. The third-order valence-corrected chi connectivity index (χ3v) is 2.95. The van der Waals surface area contributed by atoms with Crippen LogP contribution in [-0.4, -0.2) is 36.0 Å². The van der Waals surface area contributed by atoms with Gasteiger partial charge in [-0.1, -0.05) is 18.5 Å². The predicted octanol–water partition coefficient (Wildman–Crippen LogP) is 1.17. The molecule has 0 fully saturated rings. The largest absolute Gasteiger partial charge is 0.291 e. The number of nitrogens with zero attached hydrogens (tertiary/aromatic N) is 2. The first-order valence-electron chi connectivity index (χ1n) is 4.77. The number of aryl methyl sites for hydroxylation is 1. The van der Waals surface area contributed by atoms with Crippen molar-refractivity contribution in [2.24, 2.45) is 0 Å². The Morgan fingerprint density at radius 2 is 2.19 bits per heavy atom. The Bertz CT molecular complexity index is 493. The molecule has 0 aliphatic carbocycles. The quantitative estimate of drug-likeness (QED) is 0.749. The molecule has 0 saturated heterocycles. The maximum Gasteiger partial charge on any atom is 0.197 e. The Morgan fingerprint density at radius 3 is 2.69 bits per heavy atom. The summed E-state index contributed by atoms with van der Waals surface area (Å²) in [6.45, 7) is 2.47. The SMILES string of the molecule is CCCn1ncc(Cl)c1C(=O)CS(C)(=O)=O. The number of hydrogen-bond acceptors (Lipinski definition) is 4. The topological polar surface area (TPSA) is 69.0 Å². The van der Waals surface area contributed by atoms with E-state index in [0.717, 1.165) is 12.7 Å². The minimum Gasteiger partial charge on any atom is -0.291 e. The van der Waals surface area contributed by atoms with Gasteiger partial charge in [0.05, 0.1) is 11.2 Å². The number of rotatable bonds is 5. The Hall–Kier alpha value is -0.880. The summed E-state index contributed by atoms with van der Waals surface area (Å²) in [7, 11) is -3.35. The molecule has 0 bridgehead atoms. The molecule has 0 spiro atoms. The molecule has 0 N–H and O–H groups in total. The van der Waals surface area contributed by atoms with E-state index >= 15 is 0 Å². The third-order valence-electron chi connectivity index (χ3n) is 1.89. The molecule has 0 aromatic carbocycles. The van der Waals surface area contributed by atoms with Crippen molar-refractivity contribution in [2.45, 2.75) is 19.9 Å².